The second-order valence-corrected chi connectivity index (χ2v) is 6.63. The zero-order valence-electron chi connectivity index (χ0n) is 12.9. The lowest BCUT2D eigenvalue weighted by Gasteiger charge is -2.38. The topological polar surface area (TPSA) is 49.8 Å². The molecular weight excluding hydrogens is 254 g/mol. The van der Waals surface area contributed by atoms with Crippen molar-refractivity contribution in [1.29, 1.82) is 0 Å². The molecule has 116 valence electrons. The summed E-state index contributed by atoms with van der Waals surface area (Å²) in [5, 5.41) is 9.90. The van der Waals surface area contributed by atoms with Crippen molar-refractivity contribution in [3.8, 4) is 0 Å². The predicted molar refractivity (Wildman–Crippen MR) is 78.3 cm³/mol. The van der Waals surface area contributed by atoms with Crippen LogP contribution >= 0.6 is 0 Å². The number of ether oxygens (including phenoxy) is 1. The molecule has 1 N–H and O–H groups in total. The van der Waals surface area contributed by atoms with Gasteiger partial charge < -0.3 is 14.7 Å². The maximum absolute atomic E-state index is 11.4. The number of aliphatic hydroxyl groups excluding tert-OH is 1. The summed E-state index contributed by atoms with van der Waals surface area (Å²) in [5.41, 5.74) is 0. The highest BCUT2D eigenvalue weighted by atomic mass is 16.5. The number of nitrogens with zero attached hydrogens (tertiary/aromatic N) is 1. The van der Waals surface area contributed by atoms with Gasteiger partial charge in [0.05, 0.1) is 7.11 Å². The van der Waals surface area contributed by atoms with Gasteiger partial charge in [0.1, 0.15) is 0 Å². The van der Waals surface area contributed by atoms with Crippen molar-refractivity contribution in [2.75, 3.05) is 26.7 Å². The van der Waals surface area contributed by atoms with E-state index in [-0.39, 0.29) is 5.92 Å². The number of carbonyl (C=O) groups excluding carboxylic acids is 1. The average Bonchev–Trinajstić information content (AvgIpc) is 2.49. The number of aliphatic hydroxyl groups is 1. The molecule has 0 amide bonds. The monoisotopic (exact) mass is 283 g/mol. The van der Waals surface area contributed by atoms with Gasteiger partial charge in [-0.25, -0.2) is 4.79 Å². The minimum absolute atomic E-state index is 0.0717. The summed E-state index contributed by atoms with van der Waals surface area (Å²) in [6.45, 7) is 5.59. The minimum atomic E-state index is -0.934. The number of hydrogen-bond donors (Lipinski definition) is 1. The first kappa shape index (κ1) is 15.8. The van der Waals surface area contributed by atoms with Crippen molar-refractivity contribution in [2.24, 2.45) is 17.8 Å². The second kappa shape index (κ2) is 7.41. The smallest absolute Gasteiger partial charge is 0.334 e. The molecule has 1 aliphatic heterocycles. The zero-order chi connectivity index (χ0) is 14.5. The minimum Gasteiger partial charge on any atom is -0.467 e. The Hall–Kier alpha value is -0.610. The van der Waals surface area contributed by atoms with Crippen molar-refractivity contribution in [3.05, 3.63) is 0 Å². The van der Waals surface area contributed by atoms with E-state index < -0.39 is 12.1 Å². The Morgan fingerprint density at radius 3 is 2.50 bits per heavy atom. The van der Waals surface area contributed by atoms with Gasteiger partial charge in [0, 0.05) is 6.54 Å². The molecule has 1 aliphatic carbocycles. The van der Waals surface area contributed by atoms with Crippen LogP contribution in [-0.2, 0) is 9.53 Å². The van der Waals surface area contributed by atoms with E-state index in [4.69, 9.17) is 0 Å². The number of carbonyl (C=O) groups is 1. The van der Waals surface area contributed by atoms with Crippen LogP contribution < -0.4 is 0 Å². The number of likely N-dealkylation sites (tertiary alicyclic amines) is 1. The van der Waals surface area contributed by atoms with Crippen LogP contribution in [0.4, 0.5) is 0 Å². The predicted octanol–water partition coefficient (Wildman–Crippen LogP) is 2.06. The molecular formula is C16H29NO3. The maximum Gasteiger partial charge on any atom is 0.334 e. The normalized spacial score (nSPS) is 30.9. The molecule has 2 fully saturated rings. The second-order valence-electron chi connectivity index (χ2n) is 6.63. The first-order valence-corrected chi connectivity index (χ1v) is 8.10. The van der Waals surface area contributed by atoms with Crippen LogP contribution in [0.25, 0.3) is 0 Å². The molecule has 20 heavy (non-hydrogen) atoms. The first-order valence-electron chi connectivity index (χ1n) is 8.10. The molecule has 1 saturated carbocycles. The molecule has 2 rings (SSSR count). The molecule has 1 saturated heterocycles. The summed E-state index contributed by atoms with van der Waals surface area (Å²) in [4.78, 5) is 13.9. The summed E-state index contributed by atoms with van der Waals surface area (Å²) >= 11 is 0. The van der Waals surface area contributed by atoms with Crippen LogP contribution in [-0.4, -0.2) is 48.8 Å². The third-order valence-corrected chi connectivity index (χ3v) is 5.30. The largest absolute Gasteiger partial charge is 0.467 e. The number of hydrogen-bond acceptors (Lipinski definition) is 4. The number of rotatable bonds is 4. The Kier molecular flexibility index (Phi) is 5.85. The van der Waals surface area contributed by atoms with Crippen LogP contribution in [0.3, 0.4) is 0 Å². The van der Waals surface area contributed by atoms with E-state index in [2.05, 4.69) is 16.6 Å². The maximum atomic E-state index is 11.4. The molecule has 0 unspecified atom stereocenters. The molecule has 0 bridgehead atoms. The summed E-state index contributed by atoms with van der Waals surface area (Å²) in [6, 6.07) is 0. The van der Waals surface area contributed by atoms with Gasteiger partial charge >= 0.3 is 5.97 Å². The Balaban J connectivity index is 1.75. The van der Waals surface area contributed by atoms with Crippen LogP contribution in [0.1, 0.15) is 45.4 Å². The molecule has 2 aliphatic rings. The SMILES string of the molecule is COC(=O)[C@H](O)C1CCN(C[C@@H]2CCCC[C@H]2C)CC1. The lowest BCUT2D eigenvalue weighted by molar-refractivity contribution is -0.154. The Morgan fingerprint density at radius 1 is 1.25 bits per heavy atom. The Morgan fingerprint density at radius 2 is 1.90 bits per heavy atom. The molecule has 3 atom stereocenters. The van der Waals surface area contributed by atoms with E-state index in [1.165, 1.54) is 39.3 Å². The standard InChI is InChI=1S/C16H29NO3/c1-12-5-3-4-6-14(12)11-17-9-7-13(8-10-17)15(18)16(19)20-2/h12-15,18H,3-11H2,1-2H3/t12-,14+,15-/m1/s1. The lowest BCUT2D eigenvalue weighted by atomic mass is 9.79. The fourth-order valence-corrected chi connectivity index (χ4v) is 3.76. The fourth-order valence-electron chi connectivity index (χ4n) is 3.76. The van der Waals surface area contributed by atoms with Crippen LogP contribution in [0, 0.1) is 17.8 Å². The van der Waals surface area contributed by atoms with Gasteiger partial charge in [-0.15, -0.1) is 0 Å². The van der Waals surface area contributed by atoms with Gasteiger partial charge in [0.25, 0.3) is 0 Å². The van der Waals surface area contributed by atoms with E-state index >= 15 is 0 Å². The van der Waals surface area contributed by atoms with E-state index in [1.54, 1.807) is 0 Å². The van der Waals surface area contributed by atoms with Gasteiger partial charge in [0.15, 0.2) is 6.10 Å². The zero-order valence-corrected chi connectivity index (χ0v) is 12.9. The van der Waals surface area contributed by atoms with Gasteiger partial charge in [-0.2, -0.15) is 0 Å². The molecule has 0 aromatic heterocycles. The van der Waals surface area contributed by atoms with Crippen LogP contribution in [0.5, 0.6) is 0 Å². The summed E-state index contributed by atoms with van der Waals surface area (Å²) in [6.07, 6.45) is 6.39. The summed E-state index contributed by atoms with van der Waals surface area (Å²) in [7, 11) is 1.34. The Bertz CT molecular complexity index is 313. The molecule has 0 spiro atoms. The number of esters is 1. The molecule has 0 aromatic carbocycles. The van der Waals surface area contributed by atoms with E-state index in [9.17, 15) is 9.90 Å². The molecule has 0 radical (unpaired) electrons. The molecule has 0 aromatic rings. The van der Waals surface area contributed by atoms with Gasteiger partial charge in [-0.3, -0.25) is 0 Å². The average molecular weight is 283 g/mol. The van der Waals surface area contributed by atoms with Crippen molar-refractivity contribution in [3.63, 3.8) is 0 Å². The van der Waals surface area contributed by atoms with Crippen LogP contribution in [0.15, 0.2) is 0 Å². The van der Waals surface area contributed by atoms with Crippen molar-refractivity contribution >= 4 is 5.97 Å². The highest BCUT2D eigenvalue weighted by Gasteiger charge is 2.32. The summed E-state index contributed by atoms with van der Waals surface area (Å²) in [5.74, 6) is 1.28. The van der Waals surface area contributed by atoms with E-state index in [0.29, 0.717) is 0 Å². The quantitative estimate of drug-likeness (QED) is 0.802. The number of piperidine rings is 1. The van der Waals surface area contributed by atoms with Gasteiger partial charge in [-0.1, -0.05) is 26.2 Å². The molecule has 1 heterocycles. The third-order valence-electron chi connectivity index (χ3n) is 5.30. The lowest BCUT2D eigenvalue weighted by Crippen LogP contribution is -2.43. The molecule has 4 nitrogen and oxygen atoms in total. The van der Waals surface area contributed by atoms with Gasteiger partial charge in [0.2, 0.25) is 0 Å². The first-order chi connectivity index (χ1) is 9.61. The van der Waals surface area contributed by atoms with Gasteiger partial charge in [-0.05, 0) is 50.1 Å². The third kappa shape index (κ3) is 3.95. The van der Waals surface area contributed by atoms with Crippen LogP contribution in [0.2, 0.25) is 0 Å². The molecule has 4 heteroatoms. The number of methoxy groups -OCH3 is 1. The fraction of sp³-hybridized carbons (Fsp3) is 0.938. The van der Waals surface area contributed by atoms with E-state index in [1.807, 2.05) is 0 Å². The highest BCUT2D eigenvalue weighted by Crippen LogP contribution is 2.31. The van der Waals surface area contributed by atoms with Crippen molar-refractivity contribution in [2.45, 2.75) is 51.6 Å². The Labute approximate surface area is 122 Å². The van der Waals surface area contributed by atoms with E-state index in [0.717, 1.165) is 37.8 Å². The highest BCUT2D eigenvalue weighted by molar-refractivity contribution is 5.74. The van der Waals surface area contributed by atoms with Crippen molar-refractivity contribution < 1.29 is 14.6 Å². The summed E-state index contributed by atoms with van der Waals surface area (Å²) < 4.78 is 4.63. The van der Waals surface area contributed by atoms with Crippen molar-refractivity contribution in [1.82, 2.24) is 4.90 Å².